The number of carboxylic acids is 1. The van der Waals surface area contributed by atoms with Gasteiger partial charge in [0.25, 0.3) is 0 Å². The molecule has 0 bridgehead atoms. The van der Waals surface area contributed by atoms with Crippen molar-refractivity contribution in [2.24, 2.45) is 0 Å². The van der Waals surface area contributed by atoms with Gasteiger partial charge in [0.15, 0.2) is 0 Å². The van der Waals surface area contributed by atoms with Crippen molar-refractivity contribution in [3.05, 3.63) is 51.7 Å². The van der Waals surface area contributed by atoms with Crippen LogP contribution in [0.1, 0.15) is 21.5 Å². The molecule has 0 amide bonds. The van der Waals surface area contributed by atoms with Crippen LogP contribution in [0.5, 0.6) is 0 Å². The highest BCUT2D eigenvalue weighted by atomic mass is 32.1. The van der Waals surface area contributed by atoms with Gasteiger partial charge in [-0.15, -0.1) is 0 Å². The molecule has 0 unspecified atom stereocenters. The Morgan fingerprint density at radius 1 is 1.41 bits per heavy atom. The molecule has 0 spiro atoms. The topological polar surface area (TPSA) is 49.3 Å². The van der Waals surface area contributed by atoms with Crippen molar-refractivity contribution in [2.75, 3.05) is 5.32 Å². The van der Waals surface area contributed by atoms with Crippen molar-refractivity contribution >= 4 is 23.0 Å². The Hall–Kier alpha value is -1.81. The van der Waals surface area contributed by atoms with Crippen molar-refractivity contribution in [1.29, 1.82) is 0 Å². The number of carbonyl (C=O) groups is 1. The lowest BCUT2D eigenvalue weighted by Crippen LogP contribution is -2.07. The average molecular weight is 247 g/mol. The smallest absolute Gasteiger partial charge is 0.337 e. The van der Waals surface area contributed by atoms with Gasteiger partial charge in [0.2, 0.25) is 0 Å². The third kappa shape index (κ3) is 2.65. The maximum Gasteiger partial charge on any atom is 0.337 e. The molecule has 0 fully saturated rings. The zero-order valence-electron chi connectivity index (χ0n) is 9.43. The van der Waals surface area contributed by atoms with Gasteiger partial charge in [0.05, 0.1) is 11.3 Å². The molecule has 0 saturated heterocycles. The molecule has 2 N–H and O–H groups in total. The summed E-state index contributed by atoms with van der Waals surface area (Å²) in [4.78, 5) is 11.1. The highest BCUT2D eigenvalue weighted by molar-refractivity contribution is 7.07. The fourth-order valence-electron chi connectivity index (χ4n) is 1.66. The van der Waals surface area contributed by atoms with Gasteiger partial charge in [-0.25, -0.2) is 4.79 Å². The van der Waals surface area contributed by atoms with Crippen LogP contribution < -0.4 is 5.32 Å². The van der Waals surface area contributed by atoms with Crippen LogP contribution in [0.2, 0.25) is 0 Å². The third-order valence-corrected chi connectivity index (χ3v) is 3.28. The van der Waals surface area contributed by atoms with Crippen LogP contribution in [-0.2, 0) is 6.54 Å². The number of carboxylic acid groups (broad SMARTS) is 1. The second kappa shape index (κ2) is 5.01. The van der Waals surface area contributed by atoms with Crippen LogP contribution >= 0.6 is 11.3 Å². The molecule has 17 heavy (non-hydrogen) atoms. The van der Waals surface area contributed by atoms with Crippen molar-refractivity contribution in [3.8, 4) is 0 Å². The van der Waals surface area contributed by atoms with Crippen LogP contribution in [0.15, 0.2) is 35.0 Å². The molecule has 1 aromatic heterocycles. The minimum atomic E-state index is -0.901. The van der Waals surface area contributed by atoms with E-state index < -0.39 is 5.97 Å². The Morgan fingerprint density at radius 2 is 2.24 bits per heavy atom. The van der Waals surface area contributed by atoms with E-state index in [0.717, 1.165) is 11.1 Å². The summed E-state index contributed by atoms with van der Waals surface area (Å²) in [5, 5.41) is 16.4. The highest BCUT2D eigenvalue weighted by Gasteiger charge is 2.11. The lowest BCUT2D eigenvalue weighted by atomic mass is 10.1. The Kier molecular flexibility index (Phi) is 3.44. The van der Waals surface area contributed by atoms with Gasteiger partial charge in [-0.3, -0.25) is 0 Å². The molecule has 0 saturated carbocycles. The maximum atomic E-state index is 11.1. The number of hydrogen-bond donors (Lipinski definition) is 2. The maximum absolute atomic E-state index is 11.1. The summed E-state index contributed by atoms with van der Waals surface area (Å²) in [6, 6.07) is 7.30. The predicted molar refractivity (Wildman–Crippen MR) is 69.8 cm³/mol. The molecule has 2 aromatic rings. The Morgan fingerprint density at radius 3 is 2.88 bits per heavy atom. The first-order chi connectivity index (χ1) is 8.18. The zero-order chi connectivity index (χ0) is 12.3. The summed E-state index contributed by atoms with van der Waals surface area (Å²) >= 11 is 1.63. The van der Waals surface area contributed by atoms with Crippen molar-refractivity contribution in [3.63, 3.8) is 0 Å². The number of para-hydroxylation sites is 1. The molecule has 88 valence electrons. The summed E-state index contributed by atoms with van der Waals surface area (Å²) in [6.45, 7) is 2.55. The van der Waals surface area contributed by atoms with Gasteiger partial charge in [-0.2, -0.15) is 11.3 Å². The van der Waals surface area contributed by atoms with Crippen molar-refractivity contribution in [1.82, 2.24) is 0 Å². The monoisotopic (exact) mass is 247 g/mol. The molecule has 0 radical (unpaired) electrons. The largest absolute Gasteiger partial charge is 0.478 e. The van der Waals surface area contributed by atoms with Crippen LogP contribution in [-0.4, -0.2) is 11.1 Å². The molecule has 4 heteroatoms. The van der Waals surface area contributed by atoms with Gasteiger partial charge >= 0.3 is 5.97 Å². The number of rotatable bonds is 4. The standard InChI is InChI=1S/C13H13NO2S/c1-9-3-2-4-11(13(15)16)12(9)14-7-10-5-6-17-8-10/h2-6,8,14H,7H2,1H3,(H,15,16). The number of aromatic carboxylic acids is 1. The summed E-state index contributed by atoms with van der Waals surface area (Å²) in [7, 11) is 0. The second-order valence-corrected chi connectivity index (χ2v) is 4.57. The molecule has 1 aromatic carbocycles. The van der Waals surface area contributed by atoms with Crippen LogP contribution in [0.4, 0.5) is 5.69 Å². The molecule has 3 nitrogen and oxygen atoms in total. The summed E-state index contributed by atoms with van der Waals surface area (Å²) < 4.78 is 0. The molecule has 1 heterocycles. The van der Waals surface area contributed by atoms with Gasteiger partial charge in [-0.05, 0) is 40.9 Å². The summed E-state index contributed by atoms with van der Waals surface area (Å²) in [5.74, 6) is -0.901. The Bertz CT molecular complexity index is 520. The molecule has 0 atom stereocenters. The zero-order valence-corrected chi connectivity index (χ0v) is 10.3. The van der Waals surface area contributed by atoms with E-state index in [1.807, 2.05) is 29.8 Å². The van der Waals surface area contributed by atoms with Gasteiger partial charge in [0, 0.05) is 6.54 Å². The van der Waals surface area contributed by atoms with E-state index in [1.165, 1.54) is 0 Å². The van der Waals surface area contributed by atoms with E-state index in [-0.39, 0.29) is 0 Å². The van der Waals surface area contributed by atoms with E-state index in [9.17, 15) is 4.79 Å². The fraction of sp³-hybridized carbons (Fsp3) is 0.154. The first-order valence-corrected chi connectivity index (χ1v) is 6.20. The number of anilines is 1. The minimum absolute atomic E-state index is 0.320. The van der Waals surface area contributed by atoms with E-state index in [2.05, 4.69) is 5.32 Å². The number of hydrogen-bond acceptors (Lipinski definition) is 3. The fourth-order valence-corrected chi connectivity index (χ4v) is 2.33. The van der Waals surface area contributed by atoms with Crippen LogP contribution in [0, 0.1) is 6.92 Å². The molecular formula is C13H13NO2S. The first kappa shape index (κ1) is 11.7. The first-order valence-electron chi connectivity index (χ1n) is 5.26. The summed E-state index contributed by atoms with van der Waals surface area (Å²) in [6.07, 6.45) is 0. The lowest BCUT2D eigenvalue weighted by Gasteiger charge is -2.11. The second-order valence-electron chi connectivity index (χ2n) is 3.79. The van der Waals surface area contributed by atoms with E-state index in [0.29, 0.717) is 17.8 Å². The predicted octanol–water partition coefficient (Wildman–Crippen LogP) is 3.37. The lowest BCUT2D eigenvalue weighted by molar-refractivity contribution is 0.0698. The molecular weight excluding hydrogens is 234 g/mol. The number of benzene rings is 1. The third-order valence-electron chi connectivity index (χ3n) is 2.55. The highest BCUT2D eigenvalue weighted by Crippen LogP contribution is 2.21. The number of nitrogens with one attached hydrogen (secondary N) is 1. The van der Waals surface area contributed by atoms with E-state index >= 15 is 0 Å². The van der Waals surface area contributed by atoms with Crippen LogP contribution in [0.25, 0.3) is 0 Å². The van der Waals surface area contributed by atoms with Crippen molar-refractivity contribution < 1.29 is 9.90 Å². The number of aryl methyl sites for hydroxylation is 1. The number of thiophene rings is 1. The normalized spacial score (nSPS) is 10.2. The van der Waals surface area contributed by atoms with Gasteiger partial charge < -0.3 is 10.4 Å². The minimum Gasteiger partial charge on any atom is -0.478 e. The van der Waals surface area contributed by atoms with Gasteiger partial charge in [0.1, 0.15) is 0 Å². The van der Waals surface area contributed by atoms with Crippen LogP contribution in [0.3, 0.4) is 0 Å². The van der Waals surface area contributed by atoms with Crippen molar-refractivity contribution in [2.45, 2.75) is 13.5 Å². The SMILES string of the molecule is Cc1cccc(C(=O)O)c1NCc1ccsc1. The van der Waals surface area contributed by atoms with E-state index in [4.69, 9.17) is 5.11 Å². The van der Waals surface area contributed by atoms with E-state index in [1.54, 1.807) is 23.5 Å². The summed E-state index contributed by atoms with van der Waals surface area (Å²) in [5.41, 5.74) is 3.13. The van der Waals surface area contributed by atoms with Gasteiger partial charge in [-0.1, -0.05) is 12.1 Å². The quantitative estimate of drug-likeness (QED) is 0.871. The average Bonchev–Trinajstić information content (AvgIpc) is 2.80. The Labute approximate surface area is 104 Å². The molecule has 2 rings (SSSR count). The molecule has 0 aliphatic heterocycles. The Balaban J connectivity index is 2.22. The molecule has 0 aliphatic carbocycles. The molecule has 0 aliphatic rings.